The molecule has 1 spiro atoms. The molecule has 5 atom stereocenters. The van der Waals surface area contributed by atoms with Crippen molar-refractivity contribution in [1.82, 2.24) is 5.32 Å². The molecule has 7 nitrogen and oxygen atoms in total. The Morgan fingerprint density at radius 2 is 1.50 bits per heavy atom. The second-order valence-electron chi connectivity index (χ2n) is 13.2. The first kappa shape index (κ1) is 27.4. The Morgan fingerprint density at radius 3 is 2.19 bits per heavy atom. The molecule has 7 heteroatoms. The fourth-order valence-corrected chi connectivity index (χ4v) is 8.42. The number of para-hydroxylation sites is 1. The monoisotopic (exact) mass is 567 g/mol. The van der Waals surface area contributed by atoms with E-state index in [4.69, 9.17) is 4.74 Å². The highest BCUT2D eigenvalue weighted by atomic mass is 16.5. The summed E-state index contributed by atoms with van der Waals surface area (Å²) in [6.45, 7) is 1.86. The SMILES string of the molecule is C[C@@]12C=C[C@]3(O1)[C@H](C(=O)N(c1ccc(C4CCCCC4)cc1)[C@@H]3C(=O)NC1CCCCC1)[C@@H]2C(=O)Nc1ccccc1. The highest BCUT2D eigenvalue weighted by Gasteiger charge is 2.76. The van der Waals surface area contributed by atoms with Gasteiger partial charge in [0.15, 0.2) is 0 Å². The zero-order chi connectivity index (χ0) is 28.9. The molecule has 2 N–H and O–H groups in total. The van der Waals surface area contributed by atoms with Gasteiger partial charge in [-0.2, -0.15) is 0 Å². The smallest absolute Gasteiger partial charge is 0.246 e. The third-order valence-electron chi connectivity index (χ3n) is 10.5. The Bertz CT molecular complexity index is 1380. The lowest BCUT2D eigenvalue weighted by Gasteiger charge is -2.34. The van der Waals surface area contributed by atoms with Crippen molar-refractivity contribution in [2.75, 3.05) is 10.2 Å². The number of rotatable bonds is 6. The van der Waals surface area contributed by atoms with E-state index in [1.807, 2.05) is 61.5 Å². The highest BCUT2D eigenvalue weighted by molar-refractivity contribution is 6.11. The van der Waals surface area contributed by atoms with Crippen molar-refractivity contribution in [3.8, 4) is 0 Å². The summed E-state index contributed by atoms with van der Waals surface area (Å²) < 4.78 is 6.71. The second kappa shape index (κ2) is 10.7. The Kier molecular flexibility index (Phi) is 6.96. The van der Waals surface area contributed by atoms with Crippen molar-refractivity contribution >= 4 is 29.1 Å². The van der Waals surface area contributed by atoms with Gasteiger partial charge in [-0.1, -0.05) is 81.0 Å². The molecule has 0 unspecified atom stereocenters. The third kappa shape index (κ3) is 4.48. The quantitative estimate of drug-likeness (QED) is 0.428. The summed E-state index contributed by atoms with van der Waals surface area (Å²) in [6, 6.07) is 16.7. The number of carbonyl (C=O) groups is 3. The predicted octanol–water partition coefficient (Wildman–Crippen LogP) is 5.87. The molecule has 7 rings (SSSR count). The molecular formula is C35H41N3O4. The third-order valence-corrected chi connectivity index (χ3v) is 10.5. The van der Waals surface area contributed by atoms with Gasteiger partial charge in [0, 0.05) is 17.4 Å². The van der Waals surface area contributed by atoms with E-state index >= 15 is 0 Å². The number of fused-ring (bicyclic) bond motifs is 1. The van der Waals surface area contributed by atoms with Gasteiger partial charge < -0.3 is 15.4 Å². The average molecular weight is 568 g/mol. The van der Waals surface area contributed by atoms with Crippen LogP contribution in [0.1, 0.15) is 82.6 Å². The first-order valence-corrected chi connectivity index (χ1v) is 15.9. The molecule has 0 aromatic heterocycles. The Balaban J connectivity index is 1.24. The molecule has 3 aliphatic heterocycles. The molecule has 3 amide bonds. The van der Waals surface area contributed by atoms with Crippen LogP contribution in [0.4, 0.5) is 11.4 Å². The van der Waals surface area contributed by atoms with E-state index in [1.54, 1.807) is 4.90 Å². The van der Waals surface area contributed by atoms with Crippen LogP contribution in [0.25, 0.3) is 0 Å². The lowest BCUT2D eigenvalue weighted by atomic mass is 9.70. The van der Waals surface area contributed by atoms with E-state index in [0.717, 1.165) is 25.7 Å². The van der Waals surface area contributed by atoms with Crippen LogP contribution in [0.5, 0.6) is 0 Å². The molecule has 220 valence electrons. The number of ether oxygens (including phenoxy) is 1. The Labute approximate surface area is 248 Å². The van der Waals surface area contributed by atoms with E-state index in [1.165, 1.54) is 44.1 Å². The molecule has 3 heterocycles. The van der Waals surface area contributed by atoms with Crippen molar-refractivity contribution < 1.29 is 19.1 Å². The topological polar surface area (TPSA) is 87.7 Å². The van der Waals surface area contributed by atoms with Crippen LogP contribution in [0, 0.1) is 11.8 Å². The van der Waals surface area contributed by atoms with Gasteiger partial charge >= 0.3 is 0 Å². The van der Waals surface area contributed by atoms with Gasteiger partial charge in [0.1, 0.15) is 11.6 Å². The minimum atomic E-state index is -1.22. The maximum absolute atomic E-state index is 14.5. The number of hydrogen-bond acceptors (Lipinski definition) is 4. The molecule has 42 heavy (non-hydrogen) atoms. The fraction of sp³-hybridized carbons (Fsp3) is 0.514. The lowest BCUT2D eigenvalue weighted by Crippen LogP contribution is -2.56. The van der Waals surface area contributed by atoms with Gasteiger partial charge in [0.2, 0.25) is 17.7 Å². The molecule has 5 aliphatic rings. The van der Waals surface area contributed by atoms with Crippen LogP contribution in [-0.4, -0.2) is 41.0 Å². The maximum atomic E-state index is 14.5. The number of anilines is 2. The van der Waals surface area contributed by atoms with Gasteiger partial charge in [-0.15, -0.1) is 0 Å². The molecule has 2 bridgehead atoms. The van der Waals surface area contributed by atoms with E-state index in [2.05, 4.69) is 22.8 Å². The molecule has 2 saturated carbocycles. The van der Waals surface area contributed by atoms with Crippen LogP contribution < -0.4 is 15.5 Å². The zero-order valence-electron chi connectivity index (χ0n) is 24.4. The standard InChI is InChI=1S/C35H41N3O4/c1-34-21-22-35(42-34)29(28(34)31(39)36-25-13-7-3-8-14-25)33(41)38(30(35)32(40)37-26-15-9-4-10-16-26)27-19-17-24(18-20-27)23-11-5-2-6-12-23/h3,7-8,13-14,17-23,26,28-30H,2,4-6,9-12,15-16H2,1H3,(H,36,39)(H,37,40)/t28-,29+,30-,34+,35+/m1/s1. The van der Waals surface area contributed by atoms with Gasteiger partial charge in [0.25, 0.3) is 0 Å². The number of nitrogens with zero attached hydrogens (tertiary/aromatic N) is 1. The van der Waals surface area contributed by atoms with Gasteiger partial charge in [-0.25, -0.2) is 0 Å². The van der Waals surface area contributed by atoms with Crippen molar-refractivity contribution in [3.05, 3.63) is 72.3 Å². The van der Waals surface area contributed by atoms with Gasteiger partial charge in [-0.05, 0) is 68.4 Å². The van der Waals surface area contributed by atoms with E-state index in [-0.39, 0.29) is 23.8 Å². The number of benzene rings is 2. The number of nitrogens with one attached hydrogen (secondary N) is 2. The summed E-state index contributed by atoms with van der Waals surface area (Å²) >= 11 is 0. The molecular weight excluding hydrogens is 526 g/mol. The van der Waals surface area contributed by atoms with Crippen molar-refractivity contribution in [2.45, 2.75) is 100 Å². The minimum Gasteiger partial charge on any atom is -0.356 e. The highest BCUT2D eigenvalue weighted by Crippen LogP contribution is 2.60. The Morgan fingerprint density at radius 1 is 0.833 bits per heavy atom. The van der Waals surface area contributed by atoms with E-state index < -0.39 is 29.1 Å². The molecule has 2 saturated heterocycles. The van der Waals surface area contributed by atoms with Crippen LogP contribution in [-0.2, 0) is 19.1 Å². The fourth-order valence-electron chi connectivity index (χ4n) is 8.42. The lowest BCUT2D eigenvalue weighted by molar-refractivity contribution is -0.131. The van der Waals surface area contributed by atoms with Crippen LogP contribution in [0.3, 0.4) is 0 Å². The number of amides is 3. The van der Waals surface area contributed by atoms with Crippen LogP contribution in [0.15, 0.2) is 66.7 Å². The maximum Gasteiger partial charge on any atom is 0.246 e. The number of hydrogen-bond donors (Lipinski definition) is 2. The second-order valence-corrected chi connectivity index (χ2v) is 13.2. The van der Waals surface area contributed by atoms with Crippen LogP contribution >= 0.6 is 0 Å². The normalized spacial score (nSPS) is 32.6. The molecule has 0 radical (unpaired) electrons. The number of carbonyl (C=O) groups excluding carboxylic acids is 3. The van der Waals surface area contributed by atoms with Crippen molar-refractivity contribution in [2.24, 2.45) is 11.8 Å². The summed E-state index contributed by atoms with van der Waals surface area (Å²) in [5.41, 5.74) is 0.431. The zero-order valence-corrected chi connectivity index (χ0v) is 24.4. The summed E-state index contributed by atoms with van der Waals surface area (Å²) in [5.74, 6) is -1.74. The minimum absolute atomic E-state index is 0.0858. The molecule has 4 fully saturated rings. The van der Waals surface area contributed by atoms with E-state index in [0.29, 0.717) is 17.3 Å². The van der Waals surface area contributed by atoms with E-state index in [9.17, 15) is 14.4 Å². The first-order valence-electron chi connectivity index (χ1n) is 15.9. The van der Waals surface area contributed by atoms with Gasteiger partial charge in [-0.3, -0.25) is 19.3 Å². The molecule has 2 aromatic carbocycles. The van der Waals surface area contributed by atoms with Gasteiger partial charge in [0.05, 0.1) is 17.4 Å². The first-order chi connectivity index (χ1) is 20.4. The average Bonchev–Trinajstić information content (AvgIpc) is 3.59. The molecule has 2 aromatic rings. The summed E-state index contributed by atoms with van der Waals surface area (Å²) in [4.78, 5) is 44.2. The largest absolute Gasteiger partial charge is 0.356 e. The summed E-state index contributed by atoms with van der Waals surface area (Å²) in [7, 11) is 0. The summed E-state index contributed by atoms with van der Waals surface area (Å²) in [5, 5.41) is 6.29. The van der Waals surface area contributed by atoms with Crippen molar-refractivity contribution in [1.29, 1.82) is 0 Å². The van der Waals surface area contributed by atoms with Crippen LogP contribution in [0.2, 0.25) is 0 Å². The molecule has 2 aliphatic carbocycles. The Hall–Kier alpha value is -3.45. The van der Waals surface area contributed by atoms with Crippen molar-refractivity contribution in [3.63, 3.8) is 0 Å². The predicted molar refractivity (Wildman–Crippen MR) is 162 cm³/mol. The summed E-state index contributed by atoms with van der Waals surface area (Å²) in [6.07, 6.45) is 15.2.